The van der Waals surface area contributed by atoms with Gasteiger partial charge in [-0.05, 0) is 25.7 Å². The lowest BCUT2D eigenvalue weighted by molar-refractivity contribution is -0.135. The zero-order valence-corrected chi connectivity index (χ0v) is 11.4. The van der Waals surface area contributed by atoms with Gasteiger partial charge >= 0.3 is 0 Å². The van der Waals surface area contributed by atoms with Gasteiger partial charge in [-0.15, -0.1) is 10.2 Å². The van der Waals surface area contributed by atoms with E-state index in [-0.39, 0.29) is 11.8 Å². The standard InChI is InChI=1S/C14H20N4O/c1-17(14(19)11-6-3-2-4-7-11)10-13-16-15-12-8-5-9-18(12)13/h2-3,11H,4-10H2,1H3/t11-/m1/s1. The van der Waals surface area contributed by atoms with E-state index in [9.17, 15) is 4.79 Å². The SMILES string of the molecule is CN(Cc1nnc2n1CCC2)C(=O)[C@@H]1CC=CCC1. The molecular weight excluding hydrogens is 240 g/mol. The van der Waals surface area contributed by atoms with Crippen LogP contribution in [0, 0.1) is 5.92 Å². The highest BCUT2D eigenvalue weighted by Gasteiger charge is 2.24. The van der Waals surface area contributed by atoms with Crippen LogP contribution in [0.25, 0.3) is 0 Å². The van der Waals surface area contributed by atoms with Crippen molar-refractivity contribution < 1.29 is 4.79 Å². The van der Waals surface area contributed by atoms with Crippen LogP contribution in [-0.2, 0) is 24.3 Å². The molecule has 5 heteroatoms. The Morgan fingerprint density at radius 2 is 2.37 bits per heavy atom. The number of rotatable bonds is 3. The molecule has 0 saturated heterocycles. The molecule has 0 N–H and O–H groups in total. The lowest BCUT2D eigenvalue weighted by Gasteiger charge is -2.24. The van der Waals surface area contributed by atoms with E-state index in [2.05, 4.69) is 26.9 Å². The van der Waals surface area contributed by atoms with Crippen LogP contribution in [0.1, 0.15) is 37.3 Å². The minimum Gasteiger partial charge on any atom is -0.338 e. The van der Waals surface area contributed by atoms with E-state index in [0.29, 0.717) is 6.54 Å². The van der Waals surface area contributed by atoms with Gasteiger partial charge in [0.1, 0.15) is 5.82 Å². The molecule has 0 bridgehead atoms. The maximum absolute atomic E-state index is 12.4. The van der Waals surface area contributed by atoms with Gasteiger partial charge in [-0.1, -0.05) is 12.2 Å². The Bertz CT molecular complexity index is 506. The van der Waals surface area contributed by atoms with E-state index in [1.807, 2.05) is 7.05 Å². The molecule has 1 aromatic rings. The summed E-state index contributed by atoms with van der Waals surface area (Å²) in [5.74, 6) is 2.38. The van der Waals surface area contributed by atoms with Gasteiger partial charge < -0.3 is 9.47 Å². The molecule has 2 aliphatic rings. The summed E-state index contributed by atoms with van der Waals surface area (Å²) in [4.78, 5) is 14.2. The number of hydrogen-bond donors (Lipinski definition) is 0. The number of aromatic nitrogens is 3. The molecule has 2 heterocycles. The third kappa shape index (κ3) is 2.41. The van der Waals surface area contributed by atoms with Gasteiger partial charge in [0, 0.05) is 25.9 Å². The van der Waals surface area contributed by atoms with Gasteiger partial charge in [-0.2, -0.15) is 0 Å². The third-order valence-electron chi connectivity index (χ3n) is 4.06. The zero-order valence-electron chi connectivity index (χ0n) is 11.4. The summed E-state index contributed by atoms with van der Waals surface area (Å²) in [6, 6.07) is 0. The minimum absolute atomic E-state index is 0.149. The first-order chi connectivity index (χ1) is 9.25. The highest BCUT2D eigenvalue weighted by Crippen LogP contribution is 2.21. The Morgan fingerprint density at radius 1 is 1.47 bits per heavy atom. The van der Waals surface area contributed by atoms with Crippen LogP contribution in [-0.4, -0.2) is 32.6 Å². The quantitative estimate of drug-likeness (QED) is 0.775. The maximum atomic E-state index is 12.4. The molecule has 0 saturated carbocycles. The normalized spacial score (nSPS) is 21.4. The van der Waals surface area contributed by atoms with E-state index >= 15 is 0 Å². The Hall–Kier alpha value is -1.65. The fourth-order valence-corrected chi connectivity index (χ4v) is 2.95. The van der Waals surface area contributed by atoms with Gasteiger partial charge in [0.15, 0.2) is 5.82 Å². The molecule has 19 heavy (non-hydrogen) atoms. The van der Waals surface area contributed by atoms with Gasteiger partial charge in [-0.3, -0.25) is 4.79 Å². The summed E-state index contributed by atoms with van der Waals surface area (Å²) in [5.41, 5.74) is 0. The lowest BCUT2D eigenvalue weighted by Crippen LogP contribution is -2.33. The summed E-state index contributed by atoms with van der Waals surface area (Å²) in [7, 11) is 1.87. The molecular formula is C14H20N4O. The largest absolute Gasteiger partial charge is 0.338 e. The molecule has 1 aliphatic heterocycles. The molecule has 0 fully saturated rings. The van der Waals surface area contributed by atoms with Gasteiger partial charge in [0.25, 0.3) is 0 Å². The first kappa shape index (κ1) is 12.4. The number of aryl methyl sites for hydroxylation is 1. The fourth-order valence-electron chi connectivity index (χ4n) is 2.95. The number of carbonyl (C=O) groups is 1. The van der Waals surface area contributed by atoms with Crippen molar-refractivity contribution in [2.24, 2.45) is 5.92 Å². The Balaban J connectivity index is 1.65. The first-order valence-corrected chi connectivity index (χ1v) is 7.06. The summed E-state index contributed by atoms with van der Waals surface area (Å²) in [6.07, 6.45) is 9.30. The Morgan fingerprint density at radius 3 is 3.16 bits per heavy atom. The van der Waals surface area contributed by atoms with Crippen molar-refractivity contribution in [2.45, 2.75) is 45.2 Å². The molecule has 0 unspecified atom stereocenters. The highest BCUT2D eigenvalue weighted by molar-refractivity contribution is 5.78. The van der Waals surface area contributed by atoms with Gasteiger partial charge in [0.2, 0.25) is 5.91 Å². The average molecular weight is 260 g/mol. The van der Waals surface area contributed by atoms with Crippen LogP contribution in [0.3, 0.4) is 0 Å². The van der Waals surface area contributed by atoms with E-state index in [0.717, 1.165) is 50.3 Å². The summed E-state index contributed by atoms with van der Waals surface area (Å²) in [5, 5.41) is 8.40. The van der Waals surface area contributed by atoms with Crippen LogP contribution in [0.2, 0.25) is 0 Å². The monoisotopic (exact) mass is 260 g/mol. The minimum atomic E-state index is 0.149. The fraction of sp³-hybridized carbons (Fsp3) is 0.643. The van der Waals surface area contributed by atoms with Crippen molar-refractivity contribution in [1.82, 2.24) is 19.7 Å². The average Bonchev–Trinajstić information content (AvgIpc) is 3.04. The van der Waals surface area contributed by atoms with E-state index in [1.54, 1.807) is 4.90 Å². The van der Waals surface area contributed by atoms with E-state index in [4.69, 9.17) is 0 Å². The van der Waals surface area contributed by atoms with Crippen LogP contribution >= 0.6 is 0 Å². The Kier molecular flexibility index (Phi) is 3.36. The van der Waals surface area contributed by atoms with Gasteiger partial charge in [0.05, 0.1) is 6.54 Å². The number of amides is 1. The molecule has 0 radical (unpaired) electrons. The Labute approximate surface area is 113 Å². The van der Waals surface area contributed by atoms with E-state index < -0.39 is 0 Å². The van der Waals surface area contributed by atoms with Gasteiger partial charge in [-0.25, -0.2) is 0 Å². The van der Waals surface area contributed by atoms with Crippen LogP contribution in [0.4, 0.5) is 0 Å². The highest BCUT2D eigenvalue weighted by atomic mass is 16.2. The third-order valence-corrected chi connectivity index (χ3v) is 4.06. The molecule has 1 amide bonds. The number of carbonyl (C=O) groups excluding carboxylic acids is 1. The second kappa shape index (κ2) is 5.15. The van der Waals surface area contributed by atoms with Crippen molar-refractivity contribution in [3.8, 4) is 0 Å². The van der Waals surface area contributed by atoms with Crippen LogP contribution in [0.5, 0.6) is 0 Å². The molecule has 0 spiro atoms. The predicted molar refractivity (Wildman–Crippen MR) is 71.3 cm³/mol. The maximum Gasteiger partial charge on any atom is 0.226 e. The zero-order chi connectivity index (χ0) is 13.2. The number of hydrogen-bond acceptors (Lipinski definition) is 3. The van der Waals surface area contributed by atoms with Crippen LogP contribution < -0.4 is 0 Å². The molecule has 1 aromatic heterocycles. The van der Waals surface area contributed by atoms with Crippen molar-refractivity contribution >= 4 is 5.91 Å². The van der Waals surface area contributed by atoms with E-state index in [1.165, 1.54) is 0 Å². The number of fused-ring (bicyclic) bond motifs is 1. The molecule has 5 nitrogen and oxygen atoms in total. The summed E-state index contributed by atoms with van der Waals surface area (Å²) < 4.78 is 2.16. The molecule has 1 aliphatic carbocycles. The van der Waals surface area contributed by atoms with Crippen molar-refractivity contribution in [3.05, 3.63) is 23.8 Å². The molecule has 1 atom stereocenters. The molecule has 0 aromatic carbocycles. The second-order valence-corrected chi connectivity index (χ2v) is 5.46. The number of allylic oxidation sites excluding steroid dienone is 2. The first-order valence-electron chi connectivity index (χ1n) is 7.06. The van der Waals surface area contributed by atoms with Crippen molar-refractivity contribution in [2.75, 3.05) is 7.05 Å². The smallest absolute Gasteiger partial charge is 0.226 e. The molecule has 102 valence electrons. The van der Waals surface area contributed by atoms with Crippen LogP contribution in [0.15, 0.2) is 12.2 Å². The molecule has 3 rings (SSSR count). The summed E-state index contributed by atoms with van der Waals surface area (Å²) in [6.45, 7) is 1.57. The summed E-state index contributed by atoms with van der Waals surface area (Å²) >= 11 is 0. The second-order valence-electron chi connectivity index (χ2n) is 5.46. The van der Waals surface area contributed by atoms with Crippen molar-refractivity contribution in [1.29, 1.82) is 0 Å². The lowest BCUT2D eigenvalue weighted by atomic mass is 9.93. The van der Waals surface area contributed by atoms with Crippen molar-refractivity contribution in [3.63, 3.8) is 0 Å². The number of nitrogens with zero attached hydrogens (tertiary/aromatic N) is 4. The predicted octanol–water partition coefficient (Wildman–Crippen LogP) is 1.54. The topological polar surface area (TPSA) is 51.0 Å².